The first-order chi connectivity index (χ1) is 10.1. The van der Waals surface area contributed by atoms with Crippen LogP contribution in [0, 0.1) is 5.82 Å². The molecule has 5 heteroatoms. The van der Waals surface area contributed by atoms with Gasteiger partial charge in [0.1, 0.15) is 11.6 Å². The predicted molar refractivity (Wildman–Crippen MR) is 77.9 cm³/mol. The lowest BCUT2D eigenvalue weighted by Crippen LogP contribution is -2.56. The Morgan fingerprint density at radius 1 is 1.52 bits per heavy atom. The van der Waals surface area contributed by atoms with Crippen molar-refractivity contribution in [3.05, 3.63) is 30.1 Å². The van der Waals surface area contributed by atoms with Crippen molar-refractivity contribution < 1.29 is 19.0 Å². The zero-order valence-electron chi connectivity index (χ0n) is 12.3. The molecule has 4 nitrogen and oxygen atoms in total. The second-order valence-electron chi connectivity index (χ2n) is 5.58. The third-order valence-corrected chi connectivity index (χ3v) is 3.96. The van der Waals surface area contributed by atoms with Gasteiger partial charge in [-0.2, -0.15) is 0 Å². The van der Waals surface area contributed by atoms with Gasteiger partial charge in [0.25, 0.3) is 0 Å². The number of para-hydroxylation sites is 1. The number of halogens is 1. The Morgan fingerprint density at radius 2 is 2.29 bits per heavy atom. The molecule has 1 aliphatic rings. The second-order valence-corrected chi connectivity index (χ2v) is 5.58. The number of aliphatic carboxylic acids is 1. The van der Waals surface area contributed by atoms with Crippen molar-refractivity contribution >= 4 is 5.97 Å². The quantitative estimate of drug-likeness (QED) is 0.847. The van der Waals surface area contributed by atoms with Crippen LogP contribution in [0.4, 0.5) is 4.39 Å². The third kappa shape index (κ3) is 3.73. The number of carboxylic acids is 1. The van der Waals surface area contributed by atoms with E-state index in [4.69, 9.17) is 4.74 Å². The minimum Gasteiger partial charge on any atom is -0.487 e. The smallest absolute Gasteiger partial charge is 0.324 e. The summed E-state index contributed by atoms with van der Waals surface area (Å²) < 4.78 is 19.3. The highest BCUT2D eigenvalue weighted by molar-refractivity contribution is 5.79. The summed E-state index contributed by atoms with van der Waals surface area (Å²) in [6.07, 6.45) is 3.03. The Labute approximate surface area is 124 Å². The number of benzene rings is 1. The van der Waals surface area contributed by atoms with E-state index < -0.39 is 17.3 Å². The van der Waals surface area contributed by atoms with Crippen LogP contribution < -0.4 is 10.1 Å². The largest absolute Gasteiger partial charge is 0.487 e. The van der Waals surface area contributed by atoms with E-state index in [0.717, 1.165) is 19.3 Å². The van der Waals surface area contributed by atoms with E-state index >= 15 is 0 Å². The van der Waals surface area contributed by atoms with E-state index in [1.54, 1.807) is 18.2 Å². The van der Waals surface area contributed by atoms with Gasteiger partial charge in [0.15, 0.2) is 11.6 Å². The standard InChI is InChI=1S/C16H22FNO3/c1-2-10-18-16(15(19)20)9-5-6-12(11-16)21-14-8-4-3-7-13(14)17/h3-4,7-8,12,18H,2,5-6,9-11H2,1H3,(H,19,20). The van der Waals surface area contributed by atoms with Crippen molar-refractivity contribution in [3.63, 3.8) is 0 Å². The first-order valence-corrected chi connectivity index (χ1v) is 7.47. The van der Waals surface area contributed by atoms with Gasteiger partial charge in [0.2, 0.25) is 0 Å². The molecule has 1 fully saturated rings. The number of ether oxygens (including phenoxy) is 1. The van der Waals surface area contributed by atoms with Crippen LogP contribution in [0.15, 0.2) is 24.3 Å². The van der Waals surface area contributed by atoms with Crippen LogP contribution in [0.2, 0.25) is 0 Å². The summed E-state index contributed by atoms with van der Waals surface area (Å²) in [6.45, 7) is 2.65. The summed E-state index contributed by atoms with van der Waals surface area (Å²) in [5.41, 5.74) is -0.954. The first-order valence-electron chi connectivity index (χ1n) is 7.47. The molecule has 0 radical (unpaired) electrons. The number of hydrogen-bond acceptors (Lipinski definition) is 3. The van der Waals surface area contributed by atoms with Crippen LogP contribution in [0.5, 0.6) is 5.75 Å². The lowest BCUT2D eigenvalue weighted by Gasteiger charge is -2.38. The normalized spacial score (nSPS) is 25.5. The Morgan fingerprint density at radius 3 is 2.95 bits per heavy atom. The van der Waals surface area contributed by atoms with E-state index in [2.05, 4.69) is 5.32 Å². The van der Waals surface area contributed by atoms with E-state index in [9.17, 15) is 14.3 Å². The molecule has 2 rings (SSSR count). The summed E-state index contributed by atoms with van der Waals surface area (Å²) in [4.78, 5) is 11.7. The molecule has 0 aromatic heterocycles. The fraction of sp³-hybridized carbons (Fsp3) is 0.562. The van der Waals surface area contributed by atoms with Crippen LogP contribution in [0.1, 0.15) is 39.0 Å². The molecule has 2 atom stereocenters. The predicted octanol–water partition coefficient (Wildman–Crippen LogP) is 2.97. The maximum atomic E-state index is 13.6. The Kier molecular flexibility index (Phi) is 5.17. The SMILES string of the molecule is CCCNC1(C(=O)O)CCCC(Oc2ccccc2F)C1. The minimum absolute atomic E-state index is 0.194. The lowest BCUT2D eigenvalue weighted by atomic mass is 9.80. The zero-order valence-corrected chi connectivity index (χ0v) is 12.3. The van der Waals surface area contributed by atoms with Crippen molar-refractivity contribution in [2.75, 3.05) is 6.54 Å². The fourth-order valence-corrected chi connectivity index (χ4v) is 2.84. The number of carboxylic acid groups (broad SMARTS) is 1. The van der Waals surface area contributed by atoms with E-state index in [1.165, 1.54) is 6.07 Å². The molecular formula is C16H22FNO3. The number of nitrogens with one attached hydrogen (secondary N) is 1. The molecule has 2 unspecified atom stereocenters. The minimum atomic E-state index is -0.954. The molecule has 21 heavy (non-hydrogen) atoms. The summed E-state index contributed by atoms with van der Waals surface area (Å²) in [5.74, 6) is -1.07. The highest BCUT2D eigenvalue weighted by atomic mass is 19.1. The van der Waals surface area contributed by atoms with Crippen LogP contribution in [-0.2, 0) is 4.79 Å². The summed E-state index contributed by atoms with van der Waals surface area (Å²) in [7, 11) is 0. The molecule has 0 bridgehead atoms. The molecule has 0 saturated heterocycles. The number of rotatable bonds is 6. The molecule has 1 saturated carbocycles. The lowest BCUT2D eigenvalue weighted by molar-refractivity contribution is -0.148. The van der Waals surface area contributed by atoms with Crippen molar-refractivity contribution in [2.45, 2.75) is 50.7 Å². The summed E-state index contributed by atoms with van der Waals surface area (Å²) >= 11 is 0. The monoisotopic (exact) mass is 295 g/mol. The van der Waals surface area contributed by atoms with Crippen LogP contribution in [0.25, 0.3) is 0 Å². The highest BCUT2D eigenvalue weighted by Crippen LogP contribution is 2.32. The fourth-order valence-electron chi connectivity index (χ4n) is 2.84. The Balaban J connectivity index is 2.08. The van der Waals surface area contributed by atoms with Gasteiger partial charge in [-0.25, -0.2) is 4.39 Å². The van der Waals surface area contributed by atoms with Gasteiger partial charge in [-0.3, -0.25) is 4.79 Å². The van der Waals surface area contributed by atoms with E-state index in [0.29, 0.717) is 19.4 Å². The summed E-state index contributed by atoms with van der Waals surface area (Å²) in [5, 5.41) is 12.7. The molecular weight excluding hydrogens is 273 g/mol. The maximum Gasteiger partial charge on any atom is 0.324 e. The van der Waals surface area contributed by atoms with Crippen molar-refractivity contribution in [1.82, 2.24) is 5.32 Å². The zero-order chi connectivity index (χ0) is 15.3. The molecule has 116 valence electrons. The Bertz CT molecular complexity index is 494. The molecule has 2 N–H and O–H groups in total. The van der Waals surface area contributed by atoms with Crippen LogP contribution >= 0.6 is 0 Å². The maximum absolute atomic E-state index is 13.6. The Hall–Kier alpha value is -1.62. The van der Waals surface area contributed by atoms with Crippen molar-refractivity contribution in [1.29, 1.82) is 0 Å². The van der Waals surface area contributed by atoms with Gasteiger partial charge in [0.05, 0.1) is 0 Å². The van der Waals surface area contributed by atoms with Gasteiger partial charge in [-0.1, -0.05) is 19.1 Å². The second kappa shape index (κ2) is 6.89. The van der Waals surface area contributed by atoms with Gasteiger partial charge >= 0.3 is 5.97 Å². The third-order valence-electron chi connectivity index (χ3n) is 3.96. The molecule has 1 aromatic carbocycles. The van der Waals surface area contributed by atoms with Gasteiger partial charge in [-0.05, 0) is 44.4 Å². The molecule has 1 aromatic rings. The highest BCUT2D eigenvalue weighted by Gasteiger charge is 2.43. The van der Waals surface area contributed by atoms with Crippen molar-refractivity contribution in [2.24, 2.45) is 0 Å². The van der Waals surface area contributed by atoms with Gasteiger partial charge in [-0.15, -0.1) is 0 Å². The van der Waals surface area contributed by atoms with Crippen molar-refractivity contribution in [3.8, 4) is 5.75 Å². The van der Waals surface area contributed by atoms with Crippen LogP contribution in [0.3, 0.4) is 0 Å². The molecule has 0 spiro atoms. The number of carbonyl (C=O) groups is 1. The first kappa shape index (κ1) is 15.8. The molecule has 0 aliphatic heterocycles. The van der Waals surface area contributed by atoms with Gasteiger partial charge in [0, 0.05) is 6.42 Å². The average Bonchev–Trinajstić information content (AvgIpc) is 2.48. The van der Waals surface area contributed by atoms with E-state index in [1.807, 2.05) is 6.92 Å². The topological polar surface area (TPSA) is 58.6 Å². The molecule has 0 amide bonds. The average molecular weight is 295 g/mol. The summed E-state index contributed by atoms with van der Waals surface area (Å²) in [6, 6.07) is 6.23. The van der Waals surface area contributed by atoms with Crippen LogP contribution in [-0.4, -0.2) is 29.3 Å². The van der Waals surface area contributed by atoms with Gasteiger partial charge < -0.3 is 15.2 Å². The molecule has 0 heterocycles. The molecule has 1 aliphatic carbocycles. The van der Waals surface area contributed by atoms with E-state index in [-0.39, 0.29) is 11.9 Å². The number of hydrogen-bond donors (Lipinski definition) is 2.